The first-order chi connectivity index (χ1) is 9.90. The van der Waals surface area contributed by atoms with Crippen molar-refractivity contribution in [1.82, 2.24) is 0 Å². The van der Waals surface area contributed by atoms with Crippen LogP contribution >= 0.6 is 0 Å². The van der Waals surface area contributed by atoms with E-state index >= 15 is 0 Å². The number of pyridine rings is 1. The van der Waals surface area contributed by atoms with Gasteiger partial charge in [0.2, 0.25) is 0 Å². The number of nitrogens with zero attached hydrogens (tertiary/aromatic N) is 1. The second-order valence-corrected chi connectivity index (χ2v) is 5.53. The molecular weight excluding hydrogens is 324 g/mol. The maximum atomic E-state index is 3.55. The minimum atomic E-state index is 0. The molecule has 0 spiro atoms. The minimum Gasteiger partial charge on any atom is -1.00 e. The van der Waals surface area contributed by atoms with Crippen molar-refractivity contribution in [1.29, 1.82) is 0 Å². The van der Waals surface area contributed by atoms with E-state index in [1.165, 1.54) is 39.5 Å². The van der Waals surface area contributed by atoms with Crippen molar-refractivity contribution in [2.24, 2.45) is 0 Å². The normalized spacial score (nSPS) is 13.0. The van der Waals surface area contributed by atoms with Crippen LogP contribution in [0.2, 0.25) is 0 Å². The second-order valence-electron chi connectivity index (χ2n) is 5.53. The van der Waals surface area contributed by atoms with Crippen molar-refractivity contribution in [3.05, 3.63) is 48.0 Å². The van der Waals surface area contributed by atoms with Crippen molar-refractivity contribution in [3.63, 3.8) is 0 Å². The Bertz CT molecular complexity index is 811. The van der Waals surface area contributed by atoms with Crippen molar-refractivity contribution in [2.75, 3.05) is 11.9 Å². The number of hydrogen-bond acceptors (Lipinski definition) is 1. The average molecular weight is 343 g/mol. The Hall–Kier alpha value is -1.61. The van der Waals surface area contributed by atoms with E-state index in [0.717, 1.165) is 19.5 Å². The van der Waals surface area contributed by atoms with Crippen molar-refractivity contribution >= 4 is 27.5 Å². The molecule has 0 fully saturated rings. The maximum Gasteiger partial charge on any atom is 0.283 e. The van der Waals surface area contributed by atoms with E-state index in [2.05, 4.69) is 59.3 Å². The fourth-order valence-corrected chi connectivity index (χ4v) is 3.48. The summed E-state index contributed by atoms with van der Waals surface area (Å²) in [4.78, 5) is 0. The number of benzene rings is 2. The third-order valence-corrected chi connectivity index (χ3v) is 4.29. The van der Waals surface area contributed by atoms with E-state index in [9.17, 15) is 0 Å². The van der Waals surface area contributed by atoms with E-state index in [-0.39, 0.29) is 17.0 Å². The van der Waals surface area contributed by atoms with Crippen molar-refractivity contribution in [3.8, 4) is 0 Å². The highest BCUT2D eigenvalue weighted by Crippen LogP contribution is 2.32. The van der Waals surface area contributed by atoms with Gasteiger partial charge in [0.15, 0.2) is 0 Å². The Labute approximate surface area is 135 Å². The number of fused-ring (bicyclic) bond motifs is 6. The van der Waals surface area contributed by atoms with Gasteiger partial charge in [0.1, 0.15) is 18.6 Å². The van der Waals surface area contributed by atoms with Gasteiger partial charge >= 0.3 is 0 Å². The molecule has 0 saturated heterocycles. The highest BCUT2D eigenvalue weighted by Gasteiger charge is 2.25. The molecule has 0 atom stereocenters. The largest absolute Gasteiger partial charge is 1.00 e. The summed E-state index contributed by atoms with van der Waals surface area (Å²) in [7, 11) is 0. The summed E-state index contributed by atoms with van der Waals surface area (Å²) in [5.74, 6) is 1.28. The minimum absolute atomic E-state index is 0. The lowest BCUT2D eigenvalue weighted by Crippen LogP contribution is -3.00. The summed E-state index contributed by atoms with van der Waals surface area (Å²) in [5.41, 5.74) is 2.85. The lowest BCUT2D eigenvalue weighted by molar-refractivity contribution is -0.643. The fourth-order valence-electron chi connectivity index (χ4n) is 3.48. The molecule has 0 aliphatic carbocycles. The molecule has 0 unspecified atom stereocenters. The van der Waals surface area contributed by atoms with Crippen LogP contribution in [-0.4, -0.2) is 6.54 Å². The van der Waals surface area contributed by atoms with E-state index in [4.69, 9.17) is 0 Å². The molecule has 21 heavy (non-hydrogen) atoms. The number of aryl methyl sites for hydroxylation is 1. The zero-order chi connectivity index (χ0) is 13.5. The predicted octanol–water partition coefficient (Wildman–Crippen LogP) is 0.662. The molecule has 3 aromatic rings. The van der Waals surface area contributed by atoms with Crippen LogP contribution in [0.5, 0.6) is 0 Å². The third-order valence-electron chi connectivity index (χ3n) is 4.29. The van der Waals surface area contributed by atoms with Gasteiger partial charge in [-0.05, 0) is 24.1 Å². The van der Waals surface area contributed by atoms with E-state index < -0.39 is 0 Å². The average Bonchev–Trinajstić information content (AvgIpc) is 2.98. The van der Waals surface area contributed by atoms with Crippen LogP contribution in [0.3, 0.4) is 0 Å². The molecule has 0 saturated carbocycles. The number of hydrogen-bond donors (Lipinski definition) is 1. The Balaban J connectivity index is 0.00000132. The quantitative estimate of drug-likeness (QED) is 0.534. The number of nitrogens with one attached hydrogen (secondary N) is 1. The third kappa shape index (κ3) is 2.11. The summed E-state index contributed by atoms with van der Waals surface area (Å²) in [6.07, 6.45) is 2.33. The van der Waals surface area contributed by atoms with Crippen molar-refractivity contribution in [2.45, 2.75) is 26.3 Å². The van der Waals surface area contributed by atoms with Crippen LogP contribution < -0.4 is 26.9 Å². The Kier molecular flexibility index (Phi) is 3.85. The number of halogens is 1. The van der Waals surface area contributed by atoms with Gasteiger partial charge in [0.25, 0.3) is 5.82 Å². The molecule has 0 bridgehead atoms. The summed E-state index contributed by atoms with van der Waals surface area (Å²) in [5, 5.41) is 7.72. The Morgan fingerprint density at radius 3 is 2.67 bits per heavy atom. The molecule has 3 heteroatoms. The number of rotatable bonds is 2. The topological polar surface area (TPSA) is 15.9 Å². The lowest BCUT2D eigenvalue weighted by atomic mass is 9.98. The van der Waals surface area contributed by atoms with Gasteiger partial charge in [-0.2, -0.15) is 0 Å². The maximum absolute atomic E-state index is 3.55. The molecule has 2 heterocycles. The monoisotopic (exact) mass is 342 g/mol. The predicted molar refractivity (Wildman–Crippen MR) is 84.1 cm³/mol. The van der Waals surface area contributed by atoms with E-state index in [1.807, 2.05) is 0 Å². The summed E-state index contributed by atoms with van der Waals surface area (Å²) >= 11 is 0. The standard InChI is InChI=1S/C18H18N2.BrH/c1-2-6-13-7-5-10-16-17(13)14-8-3-4-9-15(14)18-19-11-12-20(16)18;/h3-5,7-10H,2,6,11-12H2,1H3;1H. The Morgan fingerprint density at radius 1 is 1.05 bits per heavy atom. The first-order valence-electron chi connectivity index (χ1n) is 7.50. The first-order valence-corrected chi connectivity index (χ1v) is 7.50. The van der Waals surface area contributed by atoms with E-state index in [1.54, 1.807) is 0 Å². The highest BCUT2D eigenvalue weighted by molar-refractivity contribution is 6.09. The first kappa shape index (κ1) is 14.3. The summed E-state index contributed by atoms with van der Waals surface area (Å²) < 4.78 is 2.44. The van der Waals surface area contributed by atoms with Crippen LogP contribution in [0.25, 0.3) is 21.7 Å². The molecule has 1 aromatic heterocycles. The second kappa shape index (κ2) is 5.64. The smallest absolute Gasteiger partial charge is 0.283 e. The van der Waals surface area contributed by atoms with E-state index in [0.29, 0.717) is 0 Å². The van der Waals surface area contributed by atoms with Gasteiger partial charge in [-0.3, -0.25) is 5.32 Å². The van der Waals surface area contributed by atoms with Crippen LogP contribution in [-0.2, 0) is 13.0 Å². The Morgan fingerprint density at radius 2 is 1.86 bits per heavy atom. The van der Waals surface area contributed by atoms with Gasteiger partial charge in [-0.25, -0.2) is 4.57 Å². The molecule has 2 aromatic carbocycles. The molecule has 4 rings (SSSR count). The van der Waals surface area contributed by atoms with Gasteiger partial charge in [-0.15, -0.1) is 0 Å². The van der Waals surface area contributed by atoms with Crippen LogP contribution in [0.1, 0.15) is 18.9 Å². The van der Waals surface area contributed by atoms with Gasteiger partial charge in [-0.1, -0.05) is 43.7 Å². The number of anilines is 1. The van der Waals surface area contributed by atoms with Crippen LogP contribution in [0, 0.1) is 0 Å². The van der Waals surface area contributed by atoms with Crippen LogP contribution in [0.15, 0.2) is 42.5 Å². The zero-order valence-corrected chi connectivity index (χ0v) is 13.8. The molecule has 1 N–H and O–H groups in total. The molecule has 1 aliphatic rings. The molecule has 0 amide bonds. The fraction of sp³-hybridized carbons (Fsp3) is 0.278. The summed E-state index contributed by atoms with van der Waals surface area (Å²) in [6, 6.07) is 15.5. The van der Waals surface area contributed by atoms with Gasteiger partial charge < -0.3 is 17.0 Å². The molecule has 108 valence electrons. The number of aromatic nitrogens is 1. The zero-order valence-electron chi connectivity index (χ0n) is 12.2. The van der Waals surface area contributed by atoms with Crippen molar-refractivity contribution < 1.29 is 21.5 Å². The van der Waals surface area contributed by atoms with Gasteiger partial charge in [0, 0.05) is 10.8 Å². The SMILES string of the molecule is CCCc1cccc2c1c1ccccc1c1[n+]2CCN1.[Br-]. The highest BCUT2D eigenvalue weighted by atomic mass is 79.9. The summed E-state index contributed by atoms with van der Waals surface area (Å²) in [6.45, 7) is 4.34. The molecular formula is C18H19BrN2. The molecule has 1 aliphatic heterocycles. The van der Waals surface area contributed by atoms with Gasteiger partial charge in [0.05, 0.1) is 5.39 Å². The molecule has 2 nitrogen and oxygen atoms in total. The lowest BCUT2D eigenvalue weighted by Gasteiger charge is -2.11. The molecule has 0 radical (unpaired) electrons. The van der Waals surface area contributed by atoms with Crippen LogP contribution in [0.4, 0.5) is 5.82 Å².